The summed E-state index contributed by atoms with van der Waals surface area (Å²) in [6.07, 6.45) is 0.438. The Balaban J connectivity index is 2.08. The van der Waals surface area contributed by atoms with E-state index in [1.807, 2.05) is 0 Å². The summed E-state index contributed by atoms with van der Waals surface area (Å²) in [6, 6.07) is 5.95. The Labute approximate surface area is 327 Å². The largest absolute Gasteiger partial charge is 0.461 e. The summed E-state index contributed by atoms with van der Waals surface area (Å²) in [5.74, 6) is -9.32. The van der Waals surface area contributed by atoms with Crippen molar-refractivity contribution in [1.29, 1.82) is 0 Å². The number of Topliss-reactive ketones (excluding diaryl/α,β-unsaturated/α-hetero) is 1. The molecule has 1 saturated carbocycles. The minimum Gasteiger partial charge on any atom is -0.461 e. The quantitative estimate of drug-likeness (QED) is 0.202. The van der Waals surface area contributed by atoms with E-state index >= 15 is 0 Å². The molecule has 14 heteroatoms. The first kappa shape index (κ1) is 43.5. The second-order valence-electron chi connectivity index (χ2n) is 15.8. The second kappa shape index (κ2) is 17.7. The molecule has 14 nitrogen and oxygen atoms in total. The van der Waals surface area contributed by atoms with E-state index < -0.39 is 107 Å². The van der Waals surface area contributed by atoms with Crippen LogP contribution in [0.4, 0.5) is 0 Å². The highest BCUT2D eigenvalue weighted by atomic mass is 16.6. The molecule has 0 saturated heterocycles. The molecule has 0 bridgehead atoms. The molecule has 0 radical (unpaired) electrons. The van der Waals surface area contributed by atoms with Crippen molar-refractivity contribution in [2.45, 2.75) is 105 Å². The number of allylic oxidation sites excluding steroid dienone is 1. The average molecular weight is 777 g/mol. The van der Waals surface area contributed by atoms with E-state index in [1.165, 1.54) is 55.1 Å². The van der Waals surface area contributed by atoms with Crippen LogP contribution in [0.15, 0.2) is 73.4 Å². The standard InChI is InChI=1S/C42H52N2O12/c1-22(2)37(47)53-31-25(6)19-42(51)30(31)32(52-27(8)45)26(7)33(54-38(48)23(3)4)34(55-39(49)28-13-11-17-43-20-28)36(41(9,10)16-15-24(5)35(42)46)56-40(50)29-14-12-18-44-21-29/h11-18,20-25,30-34,36,51H,7,19H2,1-6,8-10H3/b16-15+/t24-,25+,30-,31+,32+,33+,34-,36-,42-/m1/s1. The van der Waals surface area contributed by atoms with Crippen molar-refractivity contribution in [3.63, 3.8) is 0 Å². The lowest BCUT2D eigenvalue weighted by Crippen LogP contribution is -2.58. The number of esters is 5. The Hall–Kier alpha value is -5.24. The highest BCUT2D eigenvalue weighted by Gasteiger charge is 2.63. The van der Waals surface area contributed by atoms with Gasteiger partial charge in [-0.05, 0) is 36.6 Å². The topological polar surface area (TPSA) is 195 Å². The van der Waals surface area contributed by atoms with E-state index in [9.17, 15) is 33.9 Å². The van der Waals surface area contributed by atoms with Crippen LogP contribution in [-0.2, 0) is 42.9 Å². The number of hydrogen-bond acceptors (Lipinski definition) is 14. The van der Waals surface area contributed by atoms with Gasteiger partial charge in [0.1, 0.15) is 17.8 Å². The van der Waals surface area contributed by atoms with E-state index in [0.29, 0.717) is 0 Å². The van der Waals surface area contributed by atoms with Crippen LogP contribution < -0.4 is 0 Å². The maximum absolute atomic E-state index is 14.5. The lowest BCUT2D eigenvalue weighted by molar-refractivity contribution is -0.178. The molecule has 2 aliphatic carbocycles. The summed E-state index contributed by atoms with van der Waals surface area (Å²) in [5.41, 5.74) is -3.81. The molecule has 4 rings (SSSR count). The number of nitrogens with zero attached hydrogens (tertiary/aromatic N) is 2. The van der Waals surface area contributed by atoms with E-state index in [2.05, 4.69) is 16.5 Å². The molecule has 9 atom stereocenters. The Morgan fingerprint density at radius 1 is 0.804 bits per heavy atom. The lowest BCUT2D eigenvalue weighted by Gasteiger charge is -2.44. The summed E-state index contributed by atoms with van der Waals surface area (Å²) < 4.78 is 30.4. The minimum atomic E-state index is -2.28. The van der Waals surface area contributed by atoms with Gasteiger partial charge >= 0.3 is 29.8 Å². The highest BCUT2D eigenvalue weighted by Crippen LogP contribution is 2.49. The van der Waals surface area contributed by atoms with Gasteiger partial charge in [0.2, 0.25) is 0 Å². The van der Waals surface area contributed by atoms with Gasteiger partial charge in [-0.3, -0.25) is 29.1 Å². The second-order valence-corrected chi connectivity index (χ2v) is 15.8. The van der Waals surface area contributed by atoms with Gasteiger partial charge in [0.15, 0.2) is 24.1 Å². The van der Waals surface area contributed by atoms with E-state index in [0.717, 1.165) is 6.92 Å². The van der Waals surface area contributed by atoms with Crippen LogP contribution in [0.1, 0.15) is 89.5 Å². The van der Waals surface area contributed by atoms with Crippen molar-refractivity contribution in [2.75, 3.05) is 0 Å². The van der Waals surface area contributed by atoms with Crippen molar-refractivity contribution < 1.29 is 57.6 Å². The molecule has 0 aromatic carbocycles. The number of aliphatic hydroxyl groups is 1. The first-order chi connectivity index (χ1) is 26.2. The number of carbonyl (C=O) groups excluding carboxylic acids is 6. The fraction of sp³-hybridized carbons (Fsp3) is 0.524. The summed E-state index contributed by atoms with van der Waals surface area (Å²) in [6.45, 7) is 18.3. The minimum absolute atomic E-state index is 0.000687. The van der Waals surface area contributed by atoms with Gasteiger partial charge in [-0.2, -0.15) is 0 Å². The number of pyridine rings is 2. The first-order valence-corrected chi connectivity index (χ1v) is 18.6. The maximum atomic E-state index is 14.5. The van der Waals surface area contributed by atoms with E-state index in [-0.39, 0.29) is 23.1 Å². The Morgan fingerprint density at radius 3 is 1.84 bits per heavy atom. The third kappa shape index (κ3) is 9.58. The summed E-state index contributed by atoms with van der Waals surface area (Å²) in [4.78, 5) is 90.3. The van der Waals surface area contributed by atoms with E-state index in [1.54, 1.807) is 61.5 Å². The first-order valence-electron chi connectivity index (χ1n) is 18.6. The number of rotatable bonds is 9. The predicted molar refractivity (Wildman–Crippen MR) is 200 cm³/mol. The normalized spacial score (nSPS) is 29.6. The van der Waals surface area contributed by atoms with Crippen molar-refractivity contribution in [3.8, 4) is 0 Å². The third-order valence-electron chi connectivity index (χ3n) is 10.1. The van der Waals surface area contributed by atoms with Gasteiger partial charge < -0.3 is 28.8 Å². The van der Waals surface area contributed by atoms with E-state index in [4.69, 9.17) is 23.7 Å². The van der Waals surface area contributed by atoms with Crippen molar-refractivity contribution in [3.05, 3.63) is 84.5 Å². The van der Waals surface area contributed by atoms with Gasteiger partial charge in [0.25, 0.3) is 0 Å². The van der Waals surface area contributed by atoms with Gasteiger partial charge in [0, 0.05) is 48.6 Å². The summed E-state index contributed by atoms with van der Waals surface area (Å²) in [7, 11) is 0. The fourth-order valence-electron chi connectivity index (χ4n) is 7.09. The van der Waals surface area contributed by atoms with Crippen LogP contribution in [0.2, 0.25) is 0 Å². The molecule has 2 aliphatic rings. The van der Waals surface area contributed by atoms with Crippen LogP contribution in [-0.4, -0.2) is 86.8 Å². The Morgan fingerprint density at radius 2 is 1.34 bits per heavy atom. The SMILES string of the molecule is C=C1[C@H](OC(=O)C(C)C)[C@@H](OC(=O)c2cccnc2)[C@@H](OC(=O)c2cccnc2)C(C)(C)/C=C/[C@@H](C)C(=O)[C@@]2(O)C[C@H](C)[C@H](OC(=O)C(C)C)[C@@H]2[C@H]1OC(C)=O. The summed E-state index contributed by atoms with van der Waals surface area (Å²) >= 11 is 0. The van der Waals surface area contributed by atoms with Crippen molar-refractivity contribution in [1.82, 2.24) is 9.97 Å². The predicted octanol–water partition coefficient (Wildman–Crippen LogP) is 5.04. The molecular weight excluding hydrogens is 724 g/mol. The van der Waals surface area contributed by atoms with Crippen LogP contribution in [0.3, 0.4) is 0 Å². The van der Waals surface area contributed by atoms with Gasteiger partial charge in [-0.1, -0.05) is 74.1 Å². The molecule has 0 spiro atoms. The van der Waals surface area contributed by atoms with Crippen molar-refractivity contribution in [2.24, 2.45) is 35.0 Å². The number of ketones is 1. The van der Waals surface area contributed by atoms with Crippen LogP contribution in [0.25, 0.3) is 0 Å². The van der Waals surface area contributed by atoms with Gasteiger partial charge in [-0.15, -0.1) is 0 Å². The summed E-state index contributed by atoms with van der Waals surface area (Å²) in [5, 5.41) is 12.6. The molecule has 0 amide bonds. The number of fused-ring (bicyclic) bond motifs is 1. The molecule has 2 aromatic rings. The number of aromatic nitrogens is 2. The number of hydrogen-bond donors (Lipinski definition) is 1. The van der Waals surface area contributed by atoms with Gasteiger partial charge in [0.05, 0.1) is 28.9 Å². The molecule has 0 unspecified atom stereocenters. The molecule has 56 heavy (non-hydrogen) atoms. The molecule has 2 heterocycles. The van der Waals surface area contributed by atoms with Crippen LogP contribution in [0.5, 0.6) is 0 Å². The molecule has 1 fully saturated rings. The average Bonchev–Trinajstić information content (AvgIpc) is 3.41. The number of ether oxygens (including phenoxy) is 5. The highest BCUT2D eigenvalue weighted by molar-refractivity contribution is 5.92. The lowest BCUT2D eigenvalue weighted by atomic mass is 9.72. The van der Waals surface area contributed by atoms with Crippen LogP contribution >= 0.6 is 0 Å². The molecule has 1 N–H and O–H groups in total. The van der Waals surface area contributed by atoms with Gasteiger partial charge in [-0.25, -0.2) is 9.59 Å². The molecule has 302 valence electrons. The van der Waals surface area contributed by atoms with Crippen molar-refractivity contribution >= 4 is 35.6 Å². The monoisotopic (exact) mass is 776 g/mol. The molecular formula is C42H52N2O12. The molecule has 0 aliphatic heterocycles. The Bertz CT molecular complexity index is 1820. The zero-order valence-corrected chi connectivity index (χ0v) is 33.3. The zero-order chi connectivity index (χ0) is 41.7. The fourth-order valence-corrected chi connectivity index (χ4v) is 7.09. The number of carbonyl (C=O) groups is 6. The Kier molecular flexibility index (Phi) is 13.7. The molecule has 2 aromatic heterocycles. The maximum Gasteiger partial charge on any atom is 0.340 e. The zero-order valence-electron chi connectivity index (χ0n) is 33.3. The third-order valence-corrected chi connectivity index (χ3v) is 10.1. The van der Waals surface area contributed by atoms with Crippen LogP contribution in [0, 0.1) is 35.0 Å². The smallest absolute Gasteiger partial charge is 0.340 e.